The van der Waals surface area contributed by atoms with E-state index in [9.17, 15) is 4.79 Å². The number of aromatic nitrogens is 4. The standard InChI is InChI=1S/C11H19N5O2S/c1-8(2)12-10(17)7-19-11-13-14-15-16(11)6-9-4-3-5-18-9/h8-9H,3-7H2,1-2H3,(H,12,17). The van der Waals surface area contributed by atoms with Crippen molar-refractivity contribution in [3.8, 4) is 0 Å². The zero-order valence-corrected chi connectivity index (χ0v) is 12.0. The van der Waals surface area contributed by atoms with E-state index in [1.54, 1.807) is 4.68 Å². The van der Waals surface area contributed by atoms with Crippen LogP contribution in [-0.2, 0) is 16.1 Å². The van der Waals surface area contributed by atoms with Crippen LogP contribution in [0.5, 0.6) is 0 Å². The van der Waals surface area contributed by atoms with Gasteiger partial charge in [-0.15, -0.1) is 5.10 Å². The number of thioether (sulfide) groups is 1. The summed E-state index contributed by atoms with van der Waals surface area (Å²) in [6.45, 7) is 5.33. The number of ether oxygens (including phenoxy) is 1. The molecule has 1 aliphatic rings. The summed E-state index contributed by atoms with van der Waals surface area (Å²) >= 11 is 1.35. The van der Waals surface area contributed by atoms with Crippen LogP contribution in [0.4, 0.5) is 0 Å². The summed E-state index contributed by atoms with van der Waals surface area (Å²) in [4.78, 5) is 11.6. The molecule has 1 amide bonds. The molecule has 1 unspecified atom stereocenters. The SMILES string of the molecule is CC(C)NC(=O)CSc1nnnn1CC1CCCO1. The fourth-order valence-corrected chi connectivity index (χ4v) is 2.59. The summed E-state index contributed by atoms with van der Waals surface area (Å²) in [6, 6.07) is 0.149. The first kappa shape index (κ1) is 14.3. The molecular formula is C11H19N5O2S. The Kier molecular flexibility index (Phi) is 5.15. The van der Waals surface area contributed by atoms with Gasteiger partial charge in [0.25, 0.3) is 0 Å². The lowest BCUT2D eigenvalue weighted by Crippen LogP contribution is -2.31. The minimum atomic E-state index is -0.00772. The maximum absolute atomic E-state index is 11.6. The number of rotatable bonds is 6. The van der Waals surface area contributed by atoms with Gasteiger partial charge in [0.1, 0.15) is 0 Å². The van der Waals surface area contributed by atoms with Gasteiger partial charge in [-0.1, -0.05) is 11.8 Å². The summed E-state index contributed by atoms with van der Waals surface area (Å²) < 4.78 is 7.27. The number of tetrazole rings is 1. The van der Waals surface area contributed by atoms with E-state index >= 15 is 0 Å². The normalized spacial score (nSPS) is 19.0. The fraction of sp³-hybridized carbons (Fsp3) is 0.818. The van der Waals surface area contributed by atoms with E-state index in [2.05, 4.69) is 20.8 Å². The highest BCUT2D eigenvalue weighted by Crippen LogP contribution is 2.18. The lowest BCUT2D eigenvalue weighted by Gasteiger charge is -2.10. The van der Waals surface area contributed by atoms with Gasteiger partial charge >= 0.3 is 0 Å². The van der Waals surface area contributed by atoms with Crippen LogP contribution in [0.2, 0.25) is 0 Å². The van der Waals surface area contributed by atoms with Crippen LogP contribution in [0.15, 0.2) is 5.16 Å². The summed E-state index contributed by atoms with van der Waals surface area (Å²) in [5.41, 5.74) is 0. The number of amides is 1. The molecule has 0 saturated carbocycles. The van der Waals surface area contributed by atoms with Crippen LogP contribution in [-0.4, -0.2) is 50.6 Å². The van der Waals surface area contributed by atoms with Crippen molar-refractivity contribution in [3.63, 3.8) is 0 Å². The third kappa shape index (κ3) is 4.46. The largest absolute Gasteiger partial charge is 0.376 e. The smallest absolute Gasteiger partial charge is 0.230 e. The molecule has 0 aromatic carbocycles. The number of nitrogens with zero attached hydrogens (tertiary/aromatic N) is 4. The molecule has 2 heterocycles. The highest BCUT2D eigenvalue weighted by Gasteiger charge is 2.19. The molecule has 0 spiro atoms. The molecule has 1 saturated heterocycles. The van der Waals surface area contributed by atoms with E-state index in [1.165, 1.54) is 11.8 Å². The monoisotopic (exact) mass is 285 g/mol. The fourth-order valence-electron chi connectivity index (χ4n) is 1.89. The Bertz CT molecular complexity index is 417. The summed E-state index contributed by atoms with van der Waals surface area (Å²) in [7, 11) is 0. The molecule has 1 aliphatic heterocycles. The Labute approximate surface area is 116 Å². The van der Waals surface area contributed by atoms with E-state index in [0.717, 1.165) is 19.4 Å². The molecule has 8 heteroatoms. The van der Waals surface area contributed by atoms with Gasteiger partial charge in [0, 0.05) is 12.6 Å². The Hall–Kier alpha value is -1.15. The van der Waals surface area contributed by atoms with Crippen LogP contribution in [0, 0.1) is 0 Å². The van der Waals surface area contributed by atoms with Crippen LogP contribution in [0.1, 0.15) is 26.7 Å². The second-order valence-electron chi connectivity index (χ2n) is 4.79. The number of nitrogens with one attached hydrogen (secondary N) is 1. The molecule has 0 radical (unpaired) electrons. The third-order valence-electron chi connectivity index (χ3n) is 2.68. The lowest BCUT2D eigenvalue weighted by atomic mass is 10.2. The first-order valence-electron chi connectivity index (χ1n) is 6.45. The Morgan fingerprint density at radius 3 is 3.16 bits per heavy atom. The molecule has 0 bridgehead atoms. The number of hydrogen-bond acceptors (Lipinski definition) is 6. The molecule has 19 heavy (non-hydrogen) atoms. The van der Waals surface area contributed by atoms with Crippen molar-refractivity contribution >= 4 is 17.7 Å². The van der Waals surface area contributed by atoms with E-state index in [-0.39, 0.29) is 18.1 Å². The third-order valence-corrected chi connectivity index (χ3v) is 3.64. The Morgan fingerprint density at radius 1 is 1.63 bits per heavy atom. The van der Waals surface area contributed by atoms with Crippen molar-refractivity contribution in [1.29, 1.82) is 0 Å². The van der Waals surface area contributed by atoms with Crippen LogP contribution in [0.25, 0.3) is 0 Å². The van der Waals surface area contributed by atoms with Crippen molar-refractivity contribution < 1.29 is 9.53 Å². The van der Waals surface area contributed by atoms with Crippen molar-refractivity contribution in [1.82, 2.24) is 25.5 Å². The number of carbonyl (C=O) groups excluding carboxylic acids is 1. The maximum Gasteiger partial charge on any atom is 0.230 e. The quantitative estimate of drug-likeness (QED) is 0.765. The van der Waals surface area contributed by atoms with Gasteiger partial charge in [-0.05, 0) is 37.1 Å². The first-order chi connectivity index (χ1) is 9.15. The predicted molar refractivity (Wildman–Crippen MR) is 70.8 cm³/mol. The number of carbonyl (C=O) groups is 1. The lowest BCUT2D eigenvalue weighted by molar-refractivity contribution is -0.119. The van der Waals surface area contributed by atoms with Gasteiger partial charge in [0.05, 0.1) is 18.4 Å². The highest BCUT2D eigenvalue weighted by molar-refractivity contribution is 7.99. The Morgan fingerprint density at radius 2 is 2.47 bits per heavy atom. The van der Waals surface area contributed by atoms with Crippen molar-refractivity contribution in [2.24, 2.45) is 0 Å². The summed E-state index contributed by atoms with van der Waals surface area (Å²) in [5, 5.41) is 15.0. The van der Waals surface area contributed by atoms with Crippen LogP contribution < -0.4 is 5.32 Å². The van der Waals surface area contributed by atoms with Crippen LogP contribution in [0.3, 0.4) is 0 Å². The molecule has 1 aromatic heterocycles. The second-order valence-corrected chi connectivity index (χ2v) is 5.73. The van der Waals surface area contributed by atoms with E-state index in [1.807, 2.05) is 13.8 Å². The van der Waals surface area contributed by atoms with Crippen molar-refractivity contribution in [2.75, 3.05) is 12.4 Å². The van der Waals surface area contributed by atoms with Gasteiger partial charge in [0.2, 0.25) is 11.1 Å². The highest BCUT2D eigenvalue weighted by atomic mass is 32.2. The van der Waals surface area contributed by atoms with E-state index < -0.39 is 0 Å². The summed E-state index contributed by atoms with van der Waals surface area (Å²) in [6.07, 6.45) is 2.32. The topological polar surface area (TPSA) is 81.9 Å². The second kappa shape index (κ2) is 6.85. The average Bonchev–Trinajstić information content (AvgIpc) is 2.98. The van der Waals surface area contributed by atoms with E-state index in [0.29, 0.717) is 17.5 Å². The molecule has 1 N–H and O–H groups in total. The maximum atomic E-state index is 11.6. The van der Waals surface area contributed by atoms with Crippen molar-refractivity contribution in [2.45, 2.75) is 50.5 Å². The molecule has 1 fully saturated rings. The minimum Gasteiger partial charge on any atom is -0.376 e. The van der Waals surface area contributed by atoms with Gasteiger partial charge in [-0.3, -0.25) is 4.79 Å². The molecule has 106 valence electrons. The molecule has 1 atom stereocenters. The zero-order chi connectivity index (χ0) is 13.7. The van der Waals surface area contributed by atoms with Gasteiger partial charge < -0.3 is 10.1 Å². The van der Waals surface area contributed by atoms with Gasteiger partial charge in [-0.2, -0.15) is 0 Å². The van der Waals surface area contributed by atoms with Gasteiger partial charge in [-0.25, -0.2) is 4.68 Å². The molecular weight excluding hydrogens is 266 g/mol. The van der Waals surface area contributed by atoms with Crippen molar-refractivity contribution in [3.05, 3.63) is 0 Å². The molecule has 2 rings (SSSR count). The predicted octanol–water partition coefficient (Wildman–Crippen LogP) is 0.469. The van der Waals surface area contributed by atoms with Crippen LogP contribution >= 0.6 is 11.8 Å². The molecule has 1 aromatic rings. The van der Waals surface area contributed by atoms with Gasteiger partial charge in [0.15, 0.2) is 0 Å². The number of hydrogen-bond donors (Lipinski definition) is 1. The summed E-state index contributed by atoms with van der Waals surface area (Å²) in [5.74, 6) is 0.316. The van der Waals surface area contributed by atoms with E-state index in [4.69, 9.17) is 4.74 Å². The zero-order valence-electron chi connectivity index (χ0n) is 11.2. The minimum absolute atomic E-state index is 0.00772. The first-order valence-corrected chi connectivity index (χ1v) is 7.43. The molecule has 0 aliphatic carbocycles. The average molecular weight is 285 g/mol. The molecule has 7 nitrogen and oxygen atoms in total. The Balaban J connectivity index is 1.83.